The van der Waals surface area contributed by atoms with E-state index in [2.05, 4.69) is 15.9 Å². The largest absolute Gasteiger partial charge is 0.372 e. The Kier molecular flexibility index (Phi) is 5.07. The summed E-state index contributed by atoms with van der Waals surface area (Å²) in [5, 5.41) is 1.42. The van der Waals surface area contributed by atoms with Crippen molar-refractivity contribution in [3.63, 3.8) is 0 Å². The van der Waals surface area contributed by atoms with Gasteiger partial charge in [0, 0.05) is 14.5 Å². The summed E-state index contributed by atoms with van der Waals surface area (Å²) in [6.45, 7) is 1.01. The molecule has 0 aliphatic rings. The van der Waals surface area contributed by atoms with Crippen molar-refractivity contribution < 1.29 is 4.74 Å². The van der Waals surface area contributed by atoms with Crippen LogP contribution in [0.15, 0.2) is 46.9 Å². The van der Waals surface area contributed by atoms with Gasteiger partial charge in [0.25, 0.3) is 0 Å². The Hall–Kier alpha value is -0.540. The lowest BCUT2D eigenvalue weighted by atomic mass is 10.2. The van der Waals surface area contributed by atoms with Crippen LogP contribution in [-0.2, 0) is 18.0 Å². The predicted octanol–water partition coefficient (Wildman–Crippen LogP) is 5.47. The second kappa shape index (κ2) is 6.58. The Morgan fingerprint density at radius 2 is 1.83 bits per heavy atom. The minimum absolute atomic E-state index is 0.485. The molecule has 1 nitrogen and oxygen atoms in total. The molecule has 0 amide bonds. The van der Waals surface area contributed by atoms with E-state index in [0.717, 1.165) is 20.6 Å². The minimum Gasteiger partial charge on any atom is -0.372 e. The first-order valence-electron chi connectivity index (χ1n) is 5.41. The van der Waals surface area contributed by atoms with Crippen LogP contribution in [0.25, 0.3) is 0 Å². The zero-order valence-electron chi connectivity index (χ0n) is 9.50. The van der Waals surface area contributed by atoms with Crippen LogP contribution in [0.5, 0.6) is 0 Å². The van der Waals surface area contributed by atoms with Crippen molar-refractivity contribution >= 4 is 39.1 Å². The van der Waals surface area contributed by atoms with Crippen molar-refractivity contribution in [2.24, 2.45) is 0 Å². The molecule has 0 radical (unpaired) electrons. The molecule has 0 spiro atoms. The SMILES string of the molecule is Clc1cccc(COCc2ccc(Br)cc2Cl)c1. The van der Waals surface area contributed by atoms with Crippen LogP contribution in [0.4, 0.5) is 0 Å². The van der Waals surface area contributed by atoms with Crippen molar-refractivity contribution in [2.75, 3.05) is 0 Å². The monoisotopic (exact) mass is 344 g/mol. The molecule has 0 fully saturated rings. The molecule has 0 aliphatic carbocycles. The van der Waals surface area contributed by atoms with Crippen LogP contribution in [-0.4, -0.2) is 0 Å². The highest BCUT2D eigenvalue weighted by molar-refractivity contribution is 9.10. The van der Waals surface area contributed by atoms with E-state index in [1.807, 2.05) is 42.5 Å². The van der Waals surface area contributed by atoms with E-state index in [1.165, 1.54) is 0 Å². The fourth-order valence-corrected chi connectivity index (χ4v) is 2.49. The molecule has 0 heterocycles. The normalized spacial score (nSPS) is 10.6. The molecule has 0 saturated carbocycles. The van der Waals surface area contributed by atoms with Gasteiger partial charge in [0.05, 0.1) is 13.2 Å². The lowest BCUT2D eigenvalue weighted by Gasteiger charge is -2.07. The average molecular weight is 346 g/mol. The van der Waals surface area contributed by atoms with Gasteiger partial charge in [-0.05, 0) is 35.4 Å². The van der Waals surface area contributed by atoms with Crippen molar-refractivity contribution in [3.8, 4) is 0 Å². The average Bonchev–Trinajstić information content (AvgIpc) is 2.32. The maximum absolute atomic E-state index is 6.11. The number of hydrogen-bond acceptors (Lipinski definition) is 1. The van der Waals surface area contributed by atoms with Gasteiger partial charge in [0.2, 0.25) is 0 Å². The van der Waals surface area contributed by atoms with Crippen LogP contribution >= 0.6 is 39.1 Å². The standard InChI is InChI=1S/C14H11BrCl2O/c15-12-5-4-11(14(17)7-12)9-18-8-10-2-1-3-13(16)6-10/h1-7H,8-9H2. The van der Waals surface area contributed by atoms with Crippen LogP contribution < -0.4 is 0 Å². The van der Waals surface area contributed by atoms with E-state index in [9.17, 15) is 0 Å². The Morgan fingerprint density at radius 1 is 1.00 bits per heavy atom. The Balaban J connectivity index is 1.92. The summed E-state index contributed by atoms with van der Waals surface area (Å²) < 4.78 is 6.59. The Morgan fingerprint density at radius 3 is 2.56 bits per heavy atom. The first-order valence-corrected chi connectivity index (χ1v) is 6.96. The van der Waals surface area contributed by atoms with E-state index in [0.29, 0.717) is 18.2 Å². The highest BCUT2D eigenvalue weighted by Crippen LogP contribution is 2.22. The third-order valence-corrected chi connectivity index (χ3v) is 3.51. The number of halogens is 3. The molecule has 2 aromatic carbocycles. The summed E-state index contributed by atoms with van der Waals surface area (Å²) in [6.07, 6.45) is 0. The molecule has 94 valence electrons. The van der Waals surface area contributed by atoms with Crippen LogP contribution in [0.3, 0.4) is 0 Å². The molecule has 0 aliphatic heterocycles. The molecule has 0 bridgehead atoms. The van der Waals surface area contributed by atoms with Crippen molar-refractivity contribution in [2.45, 2.75) is 13.2 Å². The molecule has 0 unspecified atom stereocenters. The predicted molar refractivity (Wildman–Crippen MR) is 79.1 cm³/mol. The minimum atomic E-state index is 0.485. The topological polar surface area (TPSA) is 9.23 Å². The second-order valence-corrected chi connectivity index (χ2v) is 5.62. The summed E-state index contributed by atoms with van der Waals surface area (Å²) in [6, 6.07) is 13.4. The van der Waals surface area contributed by atoms with Gasteiger partial charge < -0.3 is 4.74 Å². The van der Waals surface area contributed by atoms with E-state index < -0.39 is 0 Å². The molecule has 18 heavy (non-hydrogen) atoms. The molecule has 0 aromatic heterocycles. The fourth-order valence-electron chi connectivity index (χ4n) is 1.54. The molecule has 4 heteroatoms. The zero-order valence-corrected chi connectivity index (χ0v) is 12.6. The summed E-state index contributed by atoms with van der Waals surface area (Å²) in [7, 11) is 0. The van der Waals surface area contributed by atoms with E-state index >= 15 is 0 Å². The maximum Gasteiger partial charge on any atom is 0.0735 e. The highest BCUT2D eigenvalue weighted by Gasteiger charge is 2.02. The molecule has 0 saturated heterocycles. The van der Waals surface area contributed by atoms with Gasteiger partial charge in [0.15, 0.2) is 0 Å². The maximum atomic E-state index is 6.11. The van der Waals surface area contributed by atoms with Crippen molar-refractivity contribution in [1.29, 1.82) is 0 Å². The Bertz CT molecular complexity index is 543. The number of ether oxygens (including phenoxy) is 1. The van der Waals surface area contributed by atoms with E-state index in [-0.39, 0.29) is 0 Å². The first kappa shape index (κ1) is 13.9. The molecule has 2 rings (SSSR count). The summed E-state index contributed by atoms with van der Waals surface area (Å²) in [5.74, 6) is 0. The second-order valence-electron chi connectivity index (χ2n) is 3.86. The van der Waals surface area contributed by atoms with Gasteiger partial charge >= 0.3 is 0 Å². The molecule has 0 N–H and O–H groups in total. The zero-order chi connectivity index (χ0) is 13.0. The lowest BCUT2D eigenvalue weighted by molar-refractivity contribution is 0.107. The van der Waals surface area contributed by atoms with Crippen LogP contribution in [0.1, 0.15) is 11.1 Å². The van der Waals surface area contributed by atoms with E-state index in [4.69, 9.17) is 27.9 Å². The number of hydrogen-bond donors (Lipinski definition) is 0. The van der Waals surface area contributed by atoms with Crippen LogP contribution in [0, 0.1) is 0 Å². The Labute approximate surface area is 125 Å². The van der Waals surface area contributed by atoms with Gasteiger partial charge in [-0.25, -0.2) is 0 Å². The lowest BCUT2D eigenvalue weighted by Crippen LogP contribution is -1.95. The number of rotatable bonds is 4. The smallest absolute Gasteiger partial charge is 0.0735 e. The highest BCUT2D eigenvalue weighted by atomic mass is 79.9. The van der Waals surface area contributed by atoms with Gasteiger partial charge in [-0.1, -0.05) is 57.3 Å². The molecule has 2 aromatic rings. The third-order valence-electron chi connectivity index (χ3n) is 2.43. The van der Waals surface area contributed by atoms with Gasteiger partial charge in [-0.15, -0.1) is 0 Å². The van der Waals surface area contributed by atoms with E-state index in [1.54, 1.807) is 0 Å². The molecular formula is C14H11BrCl2O. The quantitative estimate of drug-likeness (QED) is 0.713. The summed E-state index contributed by atoms with van der Waals surface area (Å²) >= 11 is 15.4. The van der Waals surface area contributed by atoms with Gasteiger partial charge in [-0.2, -0.15) is 0 Å². The van der Waals surface area contributed by atoms with Crippen LogP contribution in [0.2, 0.25) is 10.0 Å². The first-order chi connectivity index (χ1) is 8.65. The van der Waals surface area contributed by atoms with Crippen molar-refractivity contribution in [1.82, 2.24) is 0 Å². The fraction of sp³-hybridized carbons (Fsp3) is 0.143. The summed E-state index contributed by atoms with van der Waals surface area (Å²) in [4.78, 5) is 0. The van der Waals surface area contributed by atoms with Gasteiger partial charge in [-0.3, -0.25) is 0 Å². The summed E-state index contributed by atoms with van der Waals surface area (Å²) in [5.41, 5.74) is 2.03. The molecule has 0 atom stereocenters. The van der Waals surface area contributed by atoms with Crippen molar-refractivity contribution in [3.05, 3.63) is 68.1 Å². The third kappa shape index (κ3) is 3.99. The number of benzene rings is 2. The molecular weight excluding hydrogens is 335 g/mol. The van der Waals surface area contributed by atoms with Gasteiger partial charge in [0.1, 0.15) is 0 Å².